The number of hydrogen-bond donors (Lipinski definition) is 1. The van der Waals surface area contributed by atoms with Gasteiger partial charge in [0.1, 0.15) is 5.82 Å². The maximum atomic E-state index is 14.7. The van der Waals surface area contributed by atoms with Crippen LogP contribution in [0.3, 0.4) is 0 Å². The monoisotopic (exact) mass is 470 g/mol. The summed E-state index contributed by atoms with van der Waals surface area (Å²) in [4.78, 5) is 15.0. The van der Waals surface area contributed by atoms with E-state index < -0.39 is 29.3 Å². The normalized spacial score (nSPS) is 18.1. The van der Waals surface area contributed by atoms with Crippen molar-refractivity contribution in [3.05, 3.63) is 58.5 Å². The molecule has 5 rings (SSSR count). The van der Waals surface area contributed by atoms with E-state index in [9.17, 15) is 18.0 Å². The van der Waals surface area contributed by atoms with E-state index in [0.717, 1.165) is 28.1 Å². The Kier molecular flexibility index (Phi) is 5.47. The highest BCUT2D eigenvalue weighted by molar-refractivity contribution is 6.11. The minimum Gasteiger partial charge on any atom is -0.381 e. The number of ether oxygens (including phenoxy) is 1. The molecule has 0 aliphatic carbocycles. The molecule has 178 valence electrons. The zero-order chi connectivity index (χ0) is 24.2. The number of anilines is 2. The second-order valence-electron chi connectivity index (χ2n) is 9.02. The third-order valence-corrected chi connectivity index (χ3v) is 7.13. The molecule has 0 bridgehead atoms. The molecule has 1 N–H and O–H groups in total. The zero-order valence-electron chi connectivity index (χ0n) is 19.2. The third kappa shape index (κ3) is 3.33. The highest BCUT2D eigenvalue weighted by atomic mass is 19.3. The Labute approximate surface area is 195 Å². The number of carbonyl (C=O) groups excluding carboxylic acids is 1. The highest BCUT2D eigenvalue weighted by Crippen LogP contribution is 2.49. The molecule has 0 unspecified atom stereocenters. The van der Waals surface area contributed by atoms with Crippen LogP contribution in [0.25, 0.3) is 10.8 Å². The van der Waals surface area contributed by atoms with Gasteiger partial charge in [0, 0.05) is 42.3 Å². The maximum absolute atomic E-state index is 14.7. The maximum Gasteiger partial charge on any atom is 0.266 e. The molecule has 2 aliphatic heterocycles. The van der Waals surface area contributed by atoms with Gasteiger partial charge in [0.05, 0.1) is 22.7 Å². The van der Waals surface area contributed by atoms with E-state index in [0.29, 0.717) is 37.6 Å². The van der Waals surface area contributed by atoms with Crippen LogP contribution in [0, 0.1) is 12.7 Å². The lowest BCUT2D eigenvalue weighted by Crippen LogP contribution is -2.42. The summed E-state index contributed by atoms with van der Waals surface area (Å²) < 4.78 is 46.7. The van der Waals surface area contributed by atoms with Crippen molar-refractivity contribution >= 4 is 28.2 Å². The molecular formula is C25H25F3N4O2. The Balaban J connectivity index is 1.61. The van der Waals surface area contributed by atoms with Crippen molar-refractivity contribution in [2.75, 3.05) is 30.5 Å². The van der Waals surface area contributed by atoms with Crippen LogP contribution in [0.15, 0.2) is 30.3 Å². The van der Waals surface area contributed by atoms with Gasteiger partial charge in [0.25, 0.3) is 6.43 Å². The van der Waals surface area contributed by atoms with Crippen LogP contribution in [-0.4, -0.2) is 36.4 Å². The van der Waals surface area contributed by atoms with Crippen molar-refractivity contribution in [3.8, 4) is 0 Å². The van der Waals surface area contributed by atoms with E-state index in [1.54, 1.807) is 18.9 Å². The van der Waals surface area contributed by atoms with E-state index >= 15 is 0 Å². The molecule has 34 heavy (non-hydrogen) atoms. The van der Waals surface area contributed by atoms with Crippen LogP contribution >= 0.6 is 0 Å². The Morgan fingerprint density at radius 1 is 1.12 bits per heavy atom. The first-order chi connectivity index (χ1) is 16.2. The van der Waals surface area contributed by atoms with Crippen molar-refractivity contribution in [1.82, 2.24) is 10.2 Å². The smallest absolute Gasteiger partial charge is 0.266 e. The topological polar surface area (TPSA) is 67.4 Å². The van der Waals surface area contributed by atoms with Gasteiger partial charge in [-0.05, 0) is 44.4 Å². The summed E-state index contributed by atoms with van der Waals surface area (Å²) in [6.07, 6.45) is -1.71. The van der Waals surface area contributed by atoms with E-state index in [1.807, 2.05) is 19.1 Å². The number of alkyl halides is 2. The standard InChI is InChI=1S/C25H25F3N4O2/c1-13(15-5-4-6-16(21(15)26)22(27)28)29-23-18-11-19-20(12-17(18)14(2)30-31-23)32(3)24(33)25(19)7-9-34-10-8-25/h4-6,11-13,22H,7-10H2,1-3H3,(H,29,31)/t13-/m1/s1. The first-order valence-electron chi connectivity index (χ1n) is 11.2. The minimum absolute atomic E-state index is 0.0495. The predicted molar refractivity (Wildman–Crippen MR) is 123 cm³/mol. The molecule has 1 fully saturated rings. The minimum atomic E-state index is -2.90. The van der Waals surface area contributed by atoms with Gasteiger partial charge in [-0.25, -0.2) is 13.2 Å². The number of aryl methyl sites for hydroxylation is 1. The van der Waals surface area contributed by atoms with E-state index in [2.05, 4.69) is 15.5 Å². The largest absolute Gasteiger partial charge is 0.381 e. The Hall–Kier alpha value is -3.20. The summed E-state index contributed by atoms with van der Waals surface area (Å²) in [5, 5.41) is 13.3. The third-order valence-electron chi connectivity index (χ3n) is 7.13. The first-order valence-corrected chi connectivity index (χ1v) is 11.2. The van der Waals surface area contributed by atoms with Crippen molar-refractivity contribution in [2.24, 2.45) is 0 Å². The lowest BCUT2D eigenvalue weighted by molar-refractivity contribution is -0.126. The van der Waals surface area contributed by atoms with Gasteiger partial charge in [-0.1, -0.05) is 18.2 Å². The summed E-state index contributed by atoms with van der Waals surface area (Å²) in [7, 11) is 1.78. The molecule has 0 saturated carbocycles. The lowest BCUT2D eigenvalue weighted by atomic mass is 9.75. The average molecular weight is 470 g/mol. The number of hydrogen-bond acceptors (Lipinski definition) is 5. The molecule has 1 spiro atoms. The summed E-state index contributed by atoms with van der Waals surface area (Å²) in [5.41, 5.74) is 1.29. The number of rotatable bonds is 4. The number of nitrogens with one attached hydrogen (secondary N) is 1. The number of nitrogens with zero attached hydrogens (tertiary/aromatic N) is 3. The van der Waals surface area contributed by atoms with Crippen molar-refractivity contribution < 1.29 is 22.7 Å². The number of carbonyl (C=O) groups is 1. The van der Waals surface area contributed by atoms with Gasteiger partial charge in [0.15, 0.2) is 5.82 Å². The van der Waals surface area contributed by atoms with Crippen LogP contribution in [-0.2, 0) is 14.9 Å². The molecule has 3 aromatic rings. The molecule has 1 atom stereocenters. The number of aromatic nitrogens is 2. The fraction of sp³-hybridized carbons (Fsp3) is 0.400. The summed E-state index contributed by atoms with van der Waals surface area (Å²) >= 11 is 0. The second kappa shape index (κ2) is 8.23. The van der Waals surface area contributed by atoms with Crippen molar-refractivity contribution in [3.63, 3.8) is 0 Å². The molecule has 1 amide bonds. The highest BCUT2D eigenvalue weighted by Gasteiger charge is 2.50. The van der Waals surface area contributed by atoms with Crippen LogP contribution < -0.4 is 10.2 Å². The van der Waals surface area contributed by atoms with Crippen molar-refractivity contribution in [1.29, 1.82) is 0 Å². The summed E-state index contributed by atoms with van der Waals surface area (Å²) in [6, 6.07) is 7.26. The van der Waals surface area contributed by atoms with E-state index in [-0.39, 0.29) is 11.5 Å². The van der Waals surface area contributed by atoms with E-state index in [4.69, 9.17) is 4.74 Å². The fourth-order valence-corrected chi connectivity index (χ4v) is 5.19. The average Bonchev–Trinajstić information content (AvgIpc) is 3.02. The van der Waals surface area contributed by atoms with E-state index in [1.165, 1.54) is 12.1 Å². The number of fused-ring (bicyclic) bond motifs is 3. The molecule has 0 radical (unpaired) electrons. The molecule has 1 saturated heterocycles. The fourth-order valence-electron chi connectivity index (χ4n) is 5.19. The quantitative estimate of drug-likeness (QED) is 0.567. The number of likely N-dealkylation sites (N-methyl/N-ethyl adjacent to an activating group) is 1. The summed E-state index contributed by atoms with van der Waals surface area (Å²) in [5.74, 6) is -0.480. The summed E-state index contributed by atoms with van der Waals surface area (Å²) in [6.45, 7) is 4.53. The second-order valence-corrected chi connectivity index (χ2v) is 9.02. The Morgan fingerprint density at radius 2 is 1.82 bits per heavy atom. The van der Waals surface area contributed by atoms with Gasteiger partial charge in [-0.15, -0.1) is 5.10 Å². The number of benzene rings is 2. The molecular weight excluding hydrogens is 445 g/mol. The molecule has 2 aliphatic rings. The van der Waals surface area contributed by atoms with Crippen LogP contribution in [0.1, 0.15) is 54.6 Å². The van der Waals surface area contributed by atoms with Gasteiger partial charge < -0.3 is 15.0 Å². The van der Waals surface area contributed by atoms with Gasteiger partial charge >= 0.3 is 0 Å². The molecule has 9 heteroatoms. The van der Waals surface area contributed by atoms with Crippen LogP contribution in [0.4, 0.5) is 24.7 Å². The SMILES string of the molecule is Cc1nnc(N[C@H](C)c2cccc(C(F)F)c2F)c2cc3c(cc12)N(C)C(=O)C31CCOCC1. The molecule has 6 nitrogen and oxygen atoms in total. The first kappa shape index (κ1) is 22.6. The Morgan fingerprint density at radius 3 is 2.53 bits per heavy atom. The predicted octanol–water partition coefficient (Wildman–Crippen LogP) is 5.21. The molecule has 3 heterocycles. The lowest BCUT2D eigenvalue weighted by Gasteiger charge is -2.32. The number of amides is 1. The Bertz CT molecular complexity index is 1290. The molecule has 2 aromatic carbocycles. The van der Waals surface area contributed by atoms with Crippen LogP contribution in [0.5, 0.6) is 0 Å². The molecule has 1 aromatic heterocycles. The van der Waals surface area contributed by atoms with Crippen LogP contribution in [0.2, 0.25) is 0 Å². The van der Waals surface area contributed by atoms with Crippen molar-refractivity contribution in [2.45, 2.75) is 44.6 Å². The number of halogens is 3. The van der Waals surface area contributed by atoms with Gasteiger partial charge in [0.2, 0.25) is 5.91 Å². The van der Waals surface area contributed by atoms with Gasteiger partial charge in [-0.2, -0.15) is 5.10 Å². The zero-order valence-corrected chi connectivity index (χ0v) is 19.2. The van der Waals surface area contributed by atoms with Gasteiger partial charge in [-0.3, -0.25) is 4.79 Å².